The Morgan fingerprint density at radius 2 is 0.727 bits per heavy atom. The average Bonchev–Trinajstić information content (AvgIpc) is 3.04. The highest BCUT2D eigenvalue weighted by Crippen LogP contribution is 2.39. The van der Waals surface area contributed by atoms with Gasteiger partial charge in [0, 0.05) is 0 Å². The molecule has 0 unspecified atom stereocenters. The molecule has 0 aliphatic carbocycles. The van der Waals surface area contributed by atoms with Crippen LogP contribution in [0.4, 0.5) is 0 Å². The number of ether oxygens (including phenoxy) is 3. The van der Waals surface area contributed by atoms with Crippen molar-refractivity contribution in [3.63, 3.8) is 0 Å². The molecule has 1 N–H and O–H groups in total. The van der Waals surface area contributed by atoms with Gasteiger partial charge >= 0.3 is 0 Å². The molecule has 0 atom stereocenters. The van der Waals surface area contributed by atoms with Gasteiger partial charge < -0.3 is 19.3 Å². The third kappa shape index (κ3) is 22.3. The molecule has 0 aromatic heterocycles. The van der Waals surface area contributed by atoms with Crippen LogP contribution in [-0.2, 0) is 6.61 Å². The zero-order valence-electron chi connectivity index (χ0n) is 28.5. The van der Waals surface area contributed by atoms with Crippen molar-refractivity contribution in [2.75, 3.05) is 19.8 Å². The Morgan fingerprint density at radius 1 is 0.432 bits per heavy atom. The molecule has 0 heterocycles. The molecule has 0 bridgehead atoms. The van der Waals surface area contributed by atoms with Crippen LogP contribution in [0.25, 0.3) is 0 Å². The van der Waals surface area contributed by atoms with E-state index in [1.165, 1.54) is 116 Å². The Kier molecular flexibility index (Phi) is 27.9. The van der Waals surface area contributed by atoms with Crippen LogP contribution < -0.4 is 14.2 Å². The van der Waals surface area contributed by atoms with Gasteiger partial charge in [0.15, 0.2) is 11.5 Å². The average molecular weight is 613 g/mol. The lowest BCUT2D eigenvalue weighted by molar-refractivity contribution is 0.231. The predicted molar refractivity (Wildman–Crippen MR) is 190 cm³/mol. The molecule has 0 radical (unpaired) electrons. The summed E-state index contributed by atoms with van der Waals surface area (Å²) in [6.07, 6.45) is 35.2. The number of rotatable bonds is 34. The van der Waals surface area contributed by atoms with Gasteiger partial charge in [-0.25, -0.2) is 0 Å². The van der Waals surface area contributed by atoms with E-state index in [9.17, 15) is 5.11 Å². The summed E-state index contributed by atoms with van der Waals surface area (Å²) in [4.78, 5) is 0. The van der Waals surface area contributed by atoms with E-state index in [0.29, 0.717) is 37.1 Å². The molecule has 0 amide bonds. The van der Waals surface area contributed by atoms with E-state index in [4.69, 9.17) is 14.2 Å². The fourth-order valence-corrected chi connectivity index (χ4v) is 5.44. The lowest BCUT2D eigenvalue weighted by atomic mass is 10.1. The number of hydrogen-bond acceptors (Lipinski definition) is 4. The molecule has 0 aliphatic heterocycles. The maximum atomic E-state index is 9.97. The van der Waals surface area contributed by atoms with E-state index < -0.39 is 0 Å². The first-order valence-corrected chi connectivity index (χ1v) is 18.3. The summed E-state index contributed by atoms with van der Waals surface area (Å²) in [6, 6.07) is 3.86. The van der Waals surface area contributed by atoms with Crippen LogP contribution in [0.3, 0.4) is 0 Å². The zero-order valence-corrected chi connectivity index (χ0v) is 28.5. The first kappa shape index (κ1) is 39.8. The third-order valence-electron chi connectivity index (χ3n) is 8.18. The third-order valence-corrected chi connectivity index (χ3v) is 8.18. The number of hydrogen-bond donors (Lipinski definition) is 1. The standard InChI is InChI=1S/C40H68O4/c1-4-7-10-13-16-19-22-25-28-31-42-38-34-37(36-41)35-39(43-32-29-26-23-20-17-14-11-8-5-2)40(38)44-33-30-27-24-21-18-15-12-9-6-3/h4-6,34-35,41H,1-3,7-33,36H2. The van der Waals surface area contributed by atoms with Gasteiger partial charge in [-0.1, -0.05) is 115 Å². The van der Waals surface area contributed by atoms with Gasteiger partial charge in [-0.3, -0.25) is 0 Å². The normalized spacial score (nSPS) is 10.9. The summed E-state index contributed by atoms with van der Waals surface area (Å²) in [5, 5.41) is 9.97. The van der Waals surface area contributed by atoms with Crippen LogP contribution in [0.2, 0.25) is 0 Å². The van der Waals surface area contributed by atoms with E-state index in [2.05, 4.69) is 19.7 Å². The second kappa shape index (κ2) is 30.8. The molecular weight excluding hydrogens is 544 g/mol. The fraction of sp³-hybridized carbons (Fsp3) is 0.700. The molecule has 0 saturated heterocycles. The highest BCUT2D eigenvalue weighted by Gasteiger charge is 2.16. The molecular formula is C40H68O4. The van der Waals surface area contributed by atoms with E-state index >= 15 is 0 Å². The Bertz CT molecular complexity index is 769. The Balaban J connectivity index is 2.58. The van der Waals surface area contributed by atoms with Crippen LogP contribution in [0.1, 0.15) is 160 Å². The van der Waals surface area contributed by atoms with Gasteiger partial charge in [-0.2, -0.15) is 0 Å². The van der Waals surface area contributed by atoms with Gasteiger partial charge in [-0.15, -0.1) is 19.7 Å². The van der Waals surface area contributed by atoms with Crippen LogP contribution in [0.15, 0.2) is 50.1 Å². The van der Waals surface area contributed by atoms with E-state index in [0.717, 1.165) is 44.1 Å². The first-order valence-electron chi connectivity index (χ1n) is 18.3. The topological polar surface area (TPSA) is 47.9 Å². The molecule has 1 aromatic carbocycles. The van der Waals surface area contributed by atoms with E-state index in [1.54, 1.807) is 0 Å². The molecule has 1 rings (SSSR count). The quantitative estimate of drug-likeness (QED) is 0.0621. The maximum Gasteiger partial charge on any atom is 0.203 e. The summed E-state index contributed by atoms with van der Waals surface area (Å²) in [7, 11) is 0. The van der Waals surface area contributed by atoms with Crippen LogP contribution >= 0.6 is 0 Å². The molecule has 44 heavy (non-hydrogen) atoms. The summed E-state index contributed by atoms with van der Waals surface area (Å²) >= 11 is 0. The minimum atomic E-state index is -0.0441. The van der Waals surface area contributed by atoms with Crippen molar-refractivity contribution in [1.29, 1.82) is 0 Å². The lowest BCUT2D eigenvalue weighted by Gasteiger charge is -2.18. The number of allylic oxidation sites excluding steroid dienone is 3. The van der Waals surface area contributed by atoms with Crippen molar-refractivity contribution >= 4 is 0 Å². The van der Waals surface area contributed by atoms with Gasteiger partial charge in [0.25, 0.3) is 0 Å². The monoisotopic (exact) mass is 613 g/mol. The summed E-state index contributed by atoms with van der Waals surface area (Å²) in [6.45, 7) is 13.3. The highest BCUT2D eigenvalue weighted by molar-refractivity contribution is 5.54. The lowest BCUT2D eigenvalue weighted by Crippen LogP contribution is -2.07. The maximum absolute atomic E-state index is 9.97. The van der Waals surface area contributed by atoms with Gasteiger partial charge in [0.05, 0.1) is 26.4 Å². The van der Waals surface area contributed by atoms with Gasteiger partial charge in [-0.05, 0) is 75.5 Å². The Hall–Kier alpha value is -2.20. The minimum Gasteiger partial charge on any atom is -0.490 e. The van der Waals surface area contributed by atoms with E-state index in [-0.39, 0.29) is 6.61 Å². The second-order valence-corrected chi connectivity index (χ2v) is 12.3. The van der Waals surface area contributed by atoms with Crippen LogP contribution in [0, 0.1) is 0 Å². The molecule has 0 saturated carbocycles. The van der Waals surface area contributed by atoms with Crippen molar-refractivity contribution in [2.45, 2.75) is 161 Å². The molecule has 1 aromatic rings. The molecule has 0 spiro atoms. The minimum absolute atomic E-state index is 0.0441. The first-order chi connectivity index (χ1) is 21.8. The van der Waals surface area contributed by atoms with Crippen molar-refractivity contribution in [3.8, 4) is 17.2 Å². The SMILES string of the molecule is C=CCCCCCCCCCOc1cc(CO)cc(OCCCCCCCCCC=C)c1OCCCCCCCCCC=C. The molecule has 0 aliphatic rings. The number of aliphatic hydroxyl groups excluding tert-OH is 1. The number of aliphatic hydroxyl groups is 1. The van der Waals surface area contributed by atoms with Crippen molar-refractivity contribution < 1.29 is 19.3 Å². The molecule has 0 fully saturated rings. The second-order valence-electron chi connectivity index (χ2n) is 12.3. The largest absolute Gasteiger partial charge is 0.490 e. The molecule has 4 nitrogen and oxygen atoms in total. The van der Waals surface area contributed by atoms with Gasteiger partial charge in [0.1, 0.15) is 0 Å². The summed E-state index contributed by atoms with van der Waals surface area (Å²) in [5.41, 5.74) is 0.804. The van der Waals surface area contributed by atoms with Gasteiger partial charge in [0.2, 0.25) is 5.75 Å². The van der Waals surface area contributed by atoms with Crippen molar-refractivity contribution in [3.05, 3.63) is 55.7 Å². The molecule has 252 valence electrons. The smallest absolute Gasteiger partial charge is 0.203 e. The van der Waals surface area contributed by atoms with Crippen molar-refractivity contribution in [2.24, 2.45) is 0 Å². The fourth-order valence-electron chi connectivity index (χ4n) is 5.44. The van der Waals surface area contributed by atoms with Crippen LogP contribution in [0.5, 0.6) is 17.2 Å². The highest BCUT2D eigenvalue weighted by atomic mass is 16.5. The number of benzene rings is 1. The summed E-state index contributed by atoms with van der Waals surface area (Å²) in [5.74, 6) is 2.12. The van der Waals surface area contributed by atoms with E-state index in [1.807, 2.05) is 30.4 Å². The Morgan fingerprint density at radius 3 is 1.05 bits per heavy atom. The summed E-state index contributed by atoms with van der Waals surface area (Å²) < 4.78 is 18.9. The zero-order chi connectivity index (χ0) is 31.8. The number of unbranched alkanes of at least 4 members (excludes halogenated alkanes) is 21. The van der Waals surface area contributed by atoms with Crippen molar-refractivity contribution in [1.82, 2.24) is 0 Å². The predicted octanol–water partition coefficient (Wildman–Crippen LogP) is 12.2. The van der Waals surface area contributed by atoms with Crippen LogP contribution in [-0.4, -0.2) is 24.9 Å². The Labute approximate surface area is 272 Å². The molecule has 4 heteroatoms.